The summed E-state index contributed by atoms with van der Waals surface area (Å²) in [6.45, 7) is 0. The number of carbonyl (C=O) groups excluding carboxylic acids is 1. The molecule has 0 aliphatic rings. The van der Waals surface area contributed by atoms with E-state index < -0.39 is 5.97 Å². The number of hydrogen-bond acceptors (Lipinski definition) is 3. The lowest BCUT2D eigenvalue weighted by Gasteiger charge is -2.06. The zero-order chi connectivity index (χ0) is 12.1. The Labute approximate surface area is 106 Å². The minimum absolute atomic E-state index is 0.0377. The molecular weight excluding hydrogens is 292 g/mol. The maximum absolute atomic E-state index is 11.8. The molecular formula is C11H11BrO3S. The molecule has 0 fully saturated rings. The second-order valence-electron chi connectivity index (χ2n) is 3.08. The minimum atomic E-state index is -1.01. The van der Waals surface area contributed by atoms with Crippen LogP contribution in [0.25, 0.3) is 0 Å². The van der Waals surface area contributed by atoms with Crippen molar-refractivity contribution >= 4 is 39.4 Å². The van der Waals surface area contributed by atoms with Crippen LogP contribution in [0.3, 0.4) is 0 Å². The molecule has 0 heterocycles. The molecule has 16 heavy (non-hydrogen) atoms. The van der Waals surface area contributed by atoms with Crippen LogP contribution in [-0.2, 0) is 0 Å². The average Bonchev–Trinajstić information content (AvgIpc) is 2.28. The van der Waals surface area contributed by atoms with Gasteiger partial charge in [-0.1, -0.05) is 15.9 Å². The van der Waals surface area contributed by atoms with E-state index in [4.69, 9.17) is 5.11 Å². The fourth-order valence-electron chi connectivity index (χ4n) is 1.28. The van der Waals surface area contributed by atoms with Crippen LogP contribution in [-0.4, -0.2) is 28.4 Å². The van der Waals surface area contributed by atoms with E-state index in [-0.39, 0.29) is 11.3 Å². The summed E-state index contributed by atoms with van der Waals surface area (Å²) in [5.41, 5.74) is 0.641. The molecule has 0 aromatic heterocycles. The molecule has 1 aromatic rings. The molecule has 3 nitrogen and oxygen atoms in total. The van der Waals surface area contributed by atoms with Gasteiger partial charge in [0.25, 0.3) is 0 Å². The second-order valence-corrected chi connectivity index (χ2v) is 4.72. The number of ketones is 1. The highest BCUT2D eigenvalue weighted by atomic mass is 79.9. The maximum Gasteiger partial charge on any atom is 0.335 e. The standard InChI is InChI=1S/C11H11BrO3S/c1-16-10-3-2-7(11(14)15)6-8(10)9(13)4-5-12/h2-3,6H,4-5H2,1H3,(H,14,15). The van der Waals surface area contributed by atoms with E-state index in [0.29, 0.717) is 17.3 Å². The van der Waals surface area contributed by atoms with Crippen LogP contribution < -0.4 is 0 Å². The van der Waals surface area contributed by atoms with Crippen molar-refractivity contribution in [1.82, 2.24) is 0 Å². The first kappa shape index (κ1) is 13.3. The summed E-state index contributed by atoms with van der Waals surface area (Å²) in [4.78, 5) is 23.4. The van der Waals surface area contributed by atoms with E-state index in [1.54, 1.807) is 6.07 Å². The lowest BCUT2D eigenvalue weighted by Crippen LogP contribution is -2.05. The molecule has 1 rings (SSSR count). The Bertz CT molecular complexity index is 418. The molecule has 0 saturated heterocycles. The van der Waals surface area contributed by atoms with E-state index >= 15 is 0 Å². The fraction of sp³-hybridized carbons (Fsp3) is 0.273. The zero-order valence-corrected chi connectivity index (χ0v) is 11.1. The van der Waals surface area contributed by atoms with Gasteiger partial charge in [0.1, 0.15) is 0 Å². The van der Waals surface area contributed by atoms with Crippen molar-refractivity contribution in [1.29, 1.82) is 0 Å². The number of rotatable bonds is 5. The quantitative estimate of drug-likeness (QED) is 0.516. The van der Waals surface area contributed by atoms with Crippen molar-refractivity contribution in [3.05, 3.63) is 29.3 Å². The third-order valence-corrected chi connectivity index (χ3v) is 3.26. The van der Waals surface area contributed by atoms with Crippen LogP contribution >= 0.6 is 27.7 Å². The molecule has 5 heteroatoms. The highest BCUT2D eigenvalue weighted by molar-refractivity contribution is 9.09. The number of benzene rings is 1. The molecule has 0 aliphatic heterocycles. The zero-order valence-electron chi connectivity index (χ0n) is 8.70. The van der Waals surface area contributed by atoms with Gasteiger partial charge >= 0.3 is 5.97 Å². The third kappa shape index (κ3) is 3.09. The van der Waals surface area contributed by atoms with E-state index in [9.17, 15) is 9.59 Å². The Balaban J connectivity index is 3.16. The van der Waals surface area contributed by atoms with Gasteiger partial charge in [-0.25, -0.2) is 4.79 Å². The SMILES string of the molecule is CSc1ccc(C(=O)O)cc1C(=O)CCBr. The van der Waals surface area contributed by atoms with Crippen molar-refractivity contribution in [2.45, 2.75) is 11.3 Å². The van der Waals surface area contributed by atoms with E-state index in [0.717, 1.165) is 4.90 Å². The number of halogens is 1. The van der Waals surface area contributed by atoms with Crippen LogP contribution in [0.15, 0.2) is 23.1 Å². The Kier molecular flexibility index (Phi) is 5.02. The van der Waals surface area contributed by atoms with Gasteiger partial charge in [-0.15, -0.1) is 11.8 Å². The highest BCUT2D eigenvalue weighted by Crippen LogP contribution is 2.23. The summed E-state index contributed by atoms with van der Waals surface area (Å²) < 4.78 is 0. The molecule has 0 bridgehead atoms. The molecule has 0 aliphatic carbocycles. The largest absolute Gasteiger partial charge is 0.478 e. The molecule has 0 atom stereocenters. The van der Waals surface area contributed by atoms with Gasteiger partial charge in [-0.2, -0.15) is 0 Å². The van der Waals surface area contributed by atoms with Gasteiger partial charge in [0.15, 0.2) is 5.78 Å². The fourth-order valence-corrected chi connectivity index (χ4v) is 2.24. The van der Waals surface area contributed by atoms with Crippen molar-refractivity contribution in [2.24, 2.45) is 0 Å². The molecule has 0 unspecified atom stereocenters. The molecule has 0 amide bonds. The summed E-state index contributed by atoms with van der Waals surface area (Å²) >= 11 is 4.64. The molecule has 1 N–H and O–H groups in total. The maximum atomic E-state index is 11.8. The number of aromatic carboxylic acids is 1. The van der Waals surface area contributed by atoms with Gasteiger partial charge in [-0.3, -0.25) is 4.79 Å². The predicted molar refractivity (Wildman–Crippen MR) is 67.9 cm³/mol. The van der Waals surface area contributed by atoms with Crippen LogP contribution in [0, 0.1) is 0 Å². The van der Waals surface area contributed by atoms with Gasteiger partial charge < -0.3 is 5.11 Å². The Morgan fingerprint density at radius 2 is 2.12 bits per heavy atom. The van der Waals surface area contributed by atoms with Crippen molar-refractivity contribution in [3.63, 3.8) is 0 Å². The monoisotopic (exact) mass is 302 g/mol. The van der Waals surface area contributed by atoms with Gasteiger partial charge in [0.2, 0.25) is 0 Å². The summed E-state index contributed by atoms with van der Waals surface area (Å²) in [7, 11) is 0. The van der Waals surface area contributed by atoms with Gasteiger partial charge in [0.05, 0.1) is 5.56 Å². The van der Waals surface area contributed by atoms with Crippen LogP contribution in [0.5, 0.6) is 0 Å². The number of carboxylic acids is 1. The van der Waals surface area contributed by atoms with E-state index in [1.807, 2.05) is 6.26 Å². The summed E-state index contributed by atoms with van der Waals surface area (Å²) in [5, 5.41) is 9.44. The summed E-state index contributed by atoms with van der Waals surface area (Å²) in [6.07, 6.45) is 2.23. The number of Topliss-reactive ketones (excluding diaryl/α,β-unsaturated/α-hetero) is 1. The molecule has 1 aromatic carbocycles. The van der Waals surface area contributed by atoms with Crippen molar-refractivity contribution < 1.29 is 14.7 Å². The summed E-state index contributed by atoms with van der Waals surface area (Å²) in [6, 6.07) is 4.63. The molecule has 0 spiro atoms. The van der Waals surface area contributed by atoms with Gasteiger partial charge in [-0.05, 0) is 24.5 Å². The highest BCUT2D eigenvalue weighted by Gasteiger charge is 2.13. The first-order chi connectivity index (χ1) is 7.60. The van der Waals surface area contributed by atoms with E-state index in [2.05, 4.69) is 15.9 Å². The predicted octanol–water partition coefficient (Wildman–Crippen LogP) is 3.07. The molecule has 86 valence electrons. The topological polar surface area (TPSA) is 54.4 Å². The Morgan fingerprint density at radius 3 is 2.62 bits per heavy atom. The number of thioether (sulfide) groups is 1. The van der Waals surface area contributed by atoms with E-state index in [1.165, 1.54) is 23.9 Å². The first-order valence-corrected chi connectivity index (χ1v) is 6.95. The Morgan fingerprint density at radius 1 is 1.44 bits per heavy atom. The number of hydrogen-bond donors (Lipinski definition) is 1. The lowest BCUT2D eigenvalue weighted by molar-refractivity contribution is 0.0697. The third-order valence-electron chi connectivity index (χ3n) is 2.07. The normalized spacial score (nSPS) is 10.1. The lowest BCUT2D eigenvalue weighted by atomic mass is 10.1. The smallest absolute Gasteiger partial charge is 0.335 e. The number of carbonyl (C=O) groups is 2. The second kappa shape index (κ2) is 6.06. The molecule has 0 radical (unpaired) electrons. The van der Waals surface area contributed by atoms with Crippen LogP contribution in [0.2, 0.25) is 0 Å². The minimum Gasteiger partial charge on any atom is -0.478 e. The average molecular weight is 303 g/mol. The number of alkyl halides is 1. The number of carboxylic acid groups (broad SMARTS) is 1. The van der Waals surface area contributed by atoms with Crippen LogP contribution in [0.4, 0.5) is 0 Å². The van der Waals surface area contributed by atoms with Crippen molar-refractivity contribution in [3.8, 4) is 0 Å². The van der Waals surface area contributed by atoms with Gasteiger partial charge in [0, 0.05) is 22.2 Å². The summed E-state index contributed by atoms with van der Waals surface area (Å²) in [5.74, 6) is -1.05. The van der Waals surface area contributed by atoms with Crippen molar-refractivity contribution in [2.75, 3.05) is 11.6 Å². The Hall–Kier alpha value is -0.810. The molecule has 0 saturated carbocycles. The van der Waals surface area contributed by atoms with Crippen LogP contribution in [0.1, 0.15) is 27.1 Å². The first-order valence-electron chi connectivity index (χ1n) is 4.60.